The number of halogens is 1. The van der Waals surface area contributed by atoms with Crippen LogP contribution >= 0.6 is 11.6 Å². The predicted octanol–water partition coefficient (Wildman–Crippen LogP) is 3.04. The molecule has 1 aliphatic carbocycles. The third kappa shape index (κ3) is 1.86. The number of hydrogen-bond acceptors (Lipinski definition) is 3. The Kier molecular flexibility index (Phi) is 3.47. The third-order valence-corrected chi connectivity index (χ3v) is 4.42. The molecule has 0 spiro atoms. The summed E-state index contributed by atoms with van der Waals surface area (Å²) in [5.41, 5.74) is 8.31. The summed E-state index contributed by atoms with van der Waals surface area (Å²) in [7, 11) is 3.28. The molecule has 1 unspecified atom stereocenters. The molecule has 1 aromatic rings. The van der Waals surface area contributed by atoms with Gasteiger partial charge in [-0.15, -0.1) is 0 Å². The molecule has 1 aromatic carbocycles. The van der Waals surface area contributed by atoms with Crippen molar-refractivity contribution >= 4 is 11.6 Å². The van der Waals surface area contributed by atoms with E-state index in [4.69, 9.17) is 26.8 Å². The van der Waals surface area contributed by atoms with Crippen molar-refractivity contribution in [3.8, 4) is 11.5 Å². The van der Waals surface area contributed by atoms with Gasteiger partial charge in [0.05, 0.1) is 14.2 Å². The fraction of sp³-hybridized carbons (Fsp3) is 0.571. The van der Waals surface area contributed by atoms with Crippen molar-refractivity contribution in [3.05, 3.63) is 22.2 Å². The standard InChI is InChI=1S/C14H20ClNO2/c1-8-10(15)7-11(17-3)13(18-4)12(8)14(5-6-14)9(2)16/h7,9H,5-6,16H2,1-4H3. The number of nitrogens with two attached hydrogens (primary N) is 1. The zero-order valence-electron chi connectivity index (χ0n) is 11.3. The lowest BCUT2D eigenvalue weighted by Gasteiger charge is -2.26. The van der Waals surface area contributed by atoms with E-state index in [0.29, 0.717) is 10.8 Å². The van der Waals surface area contributed by atoms with E-state index in [1.807, 2.05) is 13.8 Å². The zero-order chi connectivity index (χ0) is 13.5. The molecule has 0 aliphatic heterocycles. The van der Waals surface area contributed by atoms with Crippen molar-refractivity contribution in [1.82, 2.24) is 0 Å². The minimum Gasteiger partial charge on any atom is -0.493 e. The van der Waals surface area contributed by atoms with Gasteiger partial charge in [0.25, 0.3) is 0 Å². The second-order valence-electron chi connectivity index (χ2n) is 5.04. The van der Waals surface area contributed by atoms with E-state index in [2.05, 4.69) is 0 Å². The maximum Gasteiger partial charge on any atom is 0.164 e. The van der Waals surface area contributed by atoms with Gasteiger partial charge < -0.3 is 15.2 Å². The molecule has 4 heteroatoms. The smallest absolute Gasteiger partial charge is 0.164 e. The maximum atomic E-state index is 6.29. The highest BCUT2D eigenvalue weighted by molar-refractivity contribution is 6.31. The number of methoxy groups -OCH3 is 2. The van der Waals surface area contributed by atoms with E-state index in [1.165, 1.54) is 0 Å². The molecule has 0 amide bonds. The Morgan fingerprint density at radius 3 is 2.33 bits per heavy atom. The first-order chi connectivity index (χ1) is 8.47. The van der Waals surface area contributed by atoms with E-state index >= 15 is 0 Å². The normalized spacial score (nSPS) is 18.3. The number of ether oxygens (including phenoxy) is 2. The Balaban J connectivity index is 2.68. The van der Waals surface area contributed by atoms with Crippen LogP contribution in [-0.4, -0.2) is 20.3 Å². The molecule has 0 bridgehead atoms. The highest BCUT2D eigenvalue weighted by atomic mass is 35.5. The summed E-state index contributed by atoms with van der Waals surface area (Å²) in [4.78, 5) is 0. The zero-order valence-corrected chi connectivity index (χ0v) is 12.1. The van der Waals surface area contributed by atoms with Crippen LogP contribution in [0.15, 0.2) is 6.07 Å². The molecule has 0 radical (unpaired) electrons. The third-order valence-electron chi connectivity index (χ3n) is 4.02. The largest absolute Gasteiger partial charge is 0.493 e. The second-order valence-corrected chi connectivity index (χ2v) is 5.45. The SMILES string of the molecule is COc1cc(Cl)c(C)c(C2(C(C)N)CC2)c1OC. The van der Waals surface area contributed by atoms with E-state index in [1.54, 1.807) is 20.3 Å². The Morgan fingerprint density at radius 1 is 1.33 bits per heavy atom. The van der Waals surface area contributed by atoms with Crippen LogP contribution in [0, 0.1) is 6.92 Å². The second kappa shape index (κ2) is 4.63. The molecule has 2 N–H and O–H groups in total. The topological polar surface area (TPSA) is 44.5 Å². The summed E-state index contributed by atoms with van der Waals surface area (Å²) in [6.45, 7) is 4.06. The molecular formula is C14H20ClNO2. The van der Waals surface area contributed by atoms with E-state index < -0.39 is 0 Å². The Bertz CT molecular complexity index is 467. The van der Waals surface area contributed by atoms with Gasteiger partial charge in [-0.1, -0.05) is 11.6 Å². The molecular weight excluding hydrogens is 250 g/mol. The average Bonchev–Trinajstić information content (AvgIpc) is 3.12. The highest BCUT2D eigenvalue weighted by Crippen LogP contribution is 2.57. The first kappa shape index (κ1) is 13.5. The van der Waals surface area contributed by atoms with Gasteiger partial charge in [-0.2, -0.15) is 0 Å². The summed E-state index contributed by atoms with van der Waals surface area (Å²) in [6.07, 6.45) is 2.15. The Morgan fingerprint density at radius 2 is 1.94 bits per heavy atom. The molecule has 2 rings (SSSR count). The first-order valence-corrected chi connectivity index (χ1v) is 6.53. The molecule has 1 fully saturated rings. The van der Waals surface area contributed by atoms with E-state index in [9.17, 15) is 0 Å². The molecule has 1 saturated carbocycles. The van der Waals surface area contributed by atoms with Crippen molar-refractivity contribution in [1.29, 1.82) is 0 Å². The van der Waals surface area contributed by atoms with Gasteiger partial charge in [-0.3, -0.25) is 0 Å². The minimum absolute atomic E-state index is 0.00634. The van der Waals surface area contributed by atoms with Gasteiger partial charge in [0.1, 0.15) is 0 Å². The van der Waals surface area contributed by atoms with Crippen LogP contribution in [0.1, 0.15) is 30.9 Å². The lowest BCUT2D eigenvalue weighted by Crippen LogP contribution is -2.32. The number of benzene rings is 1. The first-order valence-electron chi connectivity index (χ1n) is 6.15. The predicted molar refractivity (Wildman–Crippen MR) is 73.9 cm³/mol. The van der Waals surface area contributed by atoms with Crippen LogP contribution < -0.4 is 15.2 Å². The van der Waals surface area contributed by atoms with Gasteiger partial charge in [-0.05, 0) is 32.3 Å². The summed E-state index contributed by atoms with van der Waals surface area (Å²) >= 11 is 6.29. The van der Waals surface area contributed by atoms with Crippen molar-refractivity contribution < 1.29 is 9.47 Å². The minimum atomic E-state index is -0.00634. The van der Waals surface area contributed by atoms with Crippen LogP contribution in [0.5, 0.6) is 11.5 Å². The van der Waals surface area contributed by atoms with Crippen LogP contribution in [0.4, 0.5) is 0 Å². The van der Waals surface area contributed by atoms with Gasteiger partial charge in [0.2, 0.25) is 0 Å². The Hall–Kier alpha value is -0.930. The van der Waals surface area contributed by atoms with Crippen LogP contribution in [0.25, 0.3) is 0 Å². The summed E-state index contributed by atoms with van der Waals surface area (Å²) in [6, 6.07) is 1.88. The van der Waals surface area contributed by atoms with Crippen molar-refractivity contribution in [2.45, 2.75) is 38.1 Å². The molecule has 100 valence electrons. The highest BCUT2D eigenvalue weighted by Gasteiger charge is 2.50. The van der Waals surface area contributed by atoms with Crippen molar-refractivity contribution in [3.63, 3.8) is 0 Å². The molecule has 0 aromatic heterocycles. The molecule has 0 heterocycles. The molecule has 18 heavy (non-hydrogen) atoms. The fourth-order valence-electron chi connectivity index (χ4n) is 2.72. The van der Waals surface area contributed by atoms with Crippen LogP contribution in [0.3, 0.4) is 0 Å². The van der Waals surface area contributed by atoms with Gasteiger partial charge in [0.15, 0.2) is 11.5 Å². The van der Waals surface area contributed by atoms with Gasteiger partial charge in [-0.25, -0.2) is 0 Å². The number of hydrogen-bond donors (Lipinski definition) is 1. The quantitative estimate of drug-likeness (QED) is 0.914. The van der Waals surface area contributed by atoms with E-state index in [-0.39, 0.29) is 11.5 Å². The summed E-state index contributed by atoms with van der Waals surface area (Å²) in [5.74, 6) is 1.45. The summed E-state index contributed by atoms with van der Waals surface area (Å²) < 4.78 is 10.9. The van der Waals surface area contributed by atoms with Crippen molar-refractivity contribution in [2.75, 3.05) is 14.2 Å². The monoisotopic (exact) mass is 269 g/mol. The lowest BCUT2D eigenvalue weighted by atomic mass is 9.85. The van der Waals surface area contributed by atoms with Crippen LogP contribution in [-0.2, 0) is 5.41 Å². The van der Waals surface area contributed by atoms with Crippen molar-refractivity contribution in [2.24, 2.45) is 5.73 Å². The van der Waals surface area contributed by atoms with E-state index in [0.717, 1.165) is 29.7 Å². The fourth-order valence-corrected chi connectivity index (χ4v) is 2.92. The molecule has 3 nitrogen and oxygen atoms in total. The number of rotatable bonds is 4. The van der Waals surface area contributed by atoms with Gasteiger partial charge in [0, 0.05) is 28.1 Å². The lowest BCUT2D eigenvalue weighted by molar-refractivity contribution is 0.345. The Labute approximate surface area is 113 Å². The van der Waals surface area contributed by atoms with Crippen LogP contribution in [0.2, 0.25) is 5.02 Å². The average molecular weight is 270 g/mol. The van der Waals surface area contributed by atoms with Gasteiger partial charge >= 0.3 is 0 Å². The molecule has 0 saturated heterocycles. The molecule has 1 aliphatic rings. The summed E-state index contributed by atoms with van der Waals surface area (Å²) in [5, 5.41) is 0.703. The maximum absolute atomic E-state index is 6.29. The molecule has 1 atom stereocenters.